The van der Waals surface area contributed by atoms with E-state index in [9.17, 15) is 34.1 Å². The van der Waals surface area contributed by atoms with Crippen molar-refractivity contribution in [3.63, 3.8) is 0 Å². The van der Waals surface area contributed by atoms with Crippen LogP contribution in [0.15, 0.2) is 28.9 Å². The lowest BCUT2D eigenvalue weighted by Crippen LogP contribution is -2.52. The molecule has 1 aromatic heterocycles. The Bertz CT molecular complexity index is 1430. The first-order valence-corrected chi connectivity index (χ1v) is 15.6. The standard InChI is InChI=1S/C30H44N8O10/c1-5-8-25(40)31-12-7-6-9-21(35-26(41)18-33-30(43)22(17-19(2)3)34-20(4)39)29(42)32-13-14-46-15-16-47-24-11-10-23(38(44)45)27-28(24)37-48-36-27/h5,8,10-11,19,21-22H,6-7,9,12-18H2,1-4H3,(H,31,40)(H,32,42)(H,33,43)(H,34,39)(H,35,41)/b8-5+/t21-,22-/m0/s1. The predicted molar refractivity (Wildman–Crippen MR) is 171 cm³/mol. The van der Waals surface area contributed by atoms with E-state index < -0.39 is 41.3 Å². The highest BCUT2D eigenvalue weighted by molar-refractivity contribution is 5.92. The fraction of sp³-hybridized carbons (Fsp3) is 0.567. The number of nitro groups is 1. The minimum Gasteiger partial charge on any atom is -0.489 e. The molecule has 5 amide bonds. The van der Waals surface area contributed by atoms with Gasteiger partial charge in [0.05, 0.1) is 24.7 Å². The van der Waals surface area contributed by atoms with Gasteiger partial charge in [0.2, 0.25) is 35.1 Å². The topological polar surface area (TPSA) is 246 Å². The maximum atomic E-state index is 13.0. The number of benzene rings is 1. The van der Waals surface area contributed by atoms with Crippen LogP contribution in [0.2, 0.25) is 0 Å². The molecular formula is C30H44N8O10. The summed E-state index contributed by atoms with van der Waals surface area (Å²) in [6.07, 6.45) is 4.74. The third-order valence-corrected chi connectivity index (χ3v) is 6.60. The first-order valence-electron chi connectivity index (χ1n) is 15.6. The quantitative estimate of drug-likeness (QED) is 0.0500. The number of fused-ring (bicyclic) bond motifs is 1. The number of amides is 5. The summed E-state index contributed by atoms with van der Waals surface area (Å²) in [5.41, 5.74) is -0.200. The molecule has 1 aromatic carbocycles. The van der Waals surface area contributed by atoms with E-state index >= 15 is 0 Å². The van der Waals surface area contributed by atoms with Crippen LogP contribution in [0.1, 0.15) is 53.4 Å². The molecule has 1 heterocycles. The SMILES string of the molecule is C/C=C/C(=O)NCCCC[C@H](NC(=O)CNC(=O)[C@H](CC(C)C)NC(C)=O)C(=O)NCCOCCOc1ccc([N+](=O)[O-])c2nonc12. The first-order chi connectivity index (χ1) is 22.9. The van der Waals surface area contributed by atoms with Crippen LogP contribution in [0.5, 0.6) is 5.75 Å². The van der Waals surface area contributed by atoms with E-state index in [2.05, 4.69) is 41.5 Å². The number of ether oxygens (including phenoxy) is 2. The lowest BCUT2D eigenvalue weighted by atomic mass is 10.0. The summed E-state index contributed by atoms with van der Waals surface area (Å²) >= 11 is 0. The highest BCUT2D eigenvalue weighted by Gasteiger charge is 2.24. The van der Waals surface area contributed by atoms with Gasteiger partial charge in [-0.1, -0.05) is 19.9 Å². The van der Waals surface area contributed by atoms with Crippen molar-refractivity contribution >= 4 is 46.3 Å². The normalized spacial score (nSPS) is 12.4. The van der Waals surface area contributed by atoms with Crippen LogP contribution in [-0.4, -0.2) is 96.3 Å². The van der Waals surface area contributed by atoms with E-state index in [0.717, 1.165) is 0 Å². The van der Waals surface area contributed by atoms with E-state index in [0.29, 0.717) is 25.8 Å². The first kappa shape index (κ1) is 39.1. The molecule has 0 saturated carbocycles. The van der Waals surface area contributed by atoms with Crippen molar-refractivity contribution in [2.24, 2.45) is 5.92 Å². The number of hydrogen-bond acceptors (Lipinski definition) is 12. The Kier molecular flexibility index (Phi) is 17.0. The van der Waals surface area contributed by atoms with Crippen LogP contribution in [0.4, 0.5) is 5.69 Å². The Morgan fingerprint density at radius 2 is 1.67 bits per heavy atom. The predicted octanol–water partition coefficient (Wildman–Crippen LogP) is 0.657. The zero-order valence-electron chi connectivity index (χ0n) is 27.5. The summed E-state index contributed by atoms with van der Waals surface area (Å²) in [6.45, 7) is 7.24. The number of unbranched alkanes of at least 4 members (excludes halogenated alkanes) is 1. The largest absolute Gasteiger partial charge is 0.489 e. The molecule has 0 aliphatic rings. The summed E-state index contributed by atoms with van der Waals surface area (Å²) < 4.78 is 15.7. The van der Waals surface area contributed by atoms with Crippen molar-refractivity contribution in [2.75, 3.05) is 39.5 Å². The van der Waals surface area contributed by atoms with Crippen LogP contribution in [0, 0.1) is 16.0 Å². The molecule has 18 heteroatoms. The number of nitrogens with zero attached hydrogens (tertiary/aromatic N) is 3. The van der Waals surface area contributed by atoms with E-state index in [4.69, 9.17) is 9.47 Å². The van der Waals surface area contributed by atoms with Gasteiger partial charge in [0.15, 0.2) is 11.3 Å². The molecule has 0 saturated heterocycles. The minimum atomic E-state index is -0.925. The van der Waals surface area contributed by atoms with E-state index in [1.165, 1.54) is 25.1 Å². The Hall–Kier alpha value is -5.13. The van der Waals surface area contributed by atoms with Gasteiger partial charge < -0.3 is 36.1 Å². The minimum absolute atomic E-state index is 0.0381. The van der Waals surface area contributed by atoms with E-state index in [1.54, 1.807) is 13.0 Å². The van der Waals surface area contributed by atoms with Gasteiger partial charge in [0.25, 0.3) is 0 Å². The Morgan fingerprint density at radius 3 is 2.35 bits per heavy atom. The third kappa shape index (κ3) is 14.1. The van der Waals surface area contributed by atoms with Crippen molar-refractivity contribution < 1.29 is 43.0 Å². The monoisotopic (exact) mass is 676 g/mol. The molecule has 0 aliphatic carbocycles. The molecule has 48 heavy (non-hydrogen) atoms. The van der Waals surface area contributed by atoms with Gasteiger partial charge in [0, 0.05) is 26.1 Å². The number of allylic oxidation sites excluding steroid dienone is 1. The van der Waals surface area contributed by atoms with Crippen LogP contribution >= 0.6 is 0 Å². The second kappa shape index (κ2) is 20.9. The number of rotatable bonds is 22. The Labute approximate surface area is 277 Å². The highest BCUT2D eigenvalue weighted by atomic mass is 16.6. The molecule has 0 bridgehead atoms. The van der Waals surface area contributed by atoms with Gasteiger partial charge in [-0.3, -0.25) is 34.1 Å². The molecule has 0 fully saturated rings. The molecule has 0 radical (unpaired) electrons. The molecule has 0 unspecified atom stereocenters. The smallest absolute Gasteiger partial charge is 0.301 e. The number of carbonyl (C=O) groups is 5. The van der Waals surface area contributed by atoms with Gasteiger partial charge in [-0.25, -0.2) is 4.63 Å². The summed E-state index contributed by atoms with van der Waals surface area (Å²) in [5.74, 6) is -1.81. The second-order valence-corrected chi connectivity index (χ2v) is 11.1. The lowest BCUT2D eigenvalue weighted by molar-refractivity contribution is -0.383. The summed E-state index contributed by atoms with van der Waals surface area (Å²) in [4.78, 5) is 72.0. The van der Waals surface area contributed by atoms with Gasteiger partial charge in [-0.05, 0) is 61.0 Å². The van der Waals surface area contributed by atoms with Crippen molar-refractivity contribution in [3.8, 4) is 5.75 Å². The van der Waals surface area contributed by atoms with Crippen molar-refractivity contribution in [2.45, 2.75) is 65.5 Å². The molecule has 2 aromatic rings. The molecule has 2 rings (SSSR count). The summed E-state index contributed by atoms with van der Waals surface area (Å²) in [6, 6.07) is 0.892. The number of nitro benzene ring substituents is 1. The molecule has 0 aliphatic heterocycles. The van der Waals surface area contributed by atoms with Crippen molar-refractivity contribution in [1.82, 2.24) is 36.9 Å². The fourth-order valence-corrected chi connectivity index (χ4v) is 4.43. The maximum Gasteiger partial charge on any atom is 0.301 e. The summed E-state index contributed by atoms with van der Waals surface area (Å²) in [7, 11) is 0. The molecule has 18 nitrogen and oxygen atoms in total. The lowest BCUT2D eigenvalue weighted by Gasteiger charge is -2.21. The average molecular weight is 677 g/mol. The van der Waals surface area contributed by atoms with Crippen molar-refractivity contribution in [3.05, 3.63) is 34.4 Å². The van der Waals surface area contributed by atoms with Crippen LogP contribution in [0.25, 0.3) is 11.0 Å². The molecule has 5 N–H and O–H groups in total. The zero-order chi connectivity index (χ0) is 35.5. The van der Waals surface area contributed by atoms with Gasteiger partial charge in [-0.2, -0.15) is 0 Å². The third-order valence-electron chi connectivity index (χ3n) is 6.60. The Balaban J connectivity index is 1.84. The van der Waals surface area contributed by atoms with Gasteiger partial charge >= 0.3 is 5.69 Å². The van der Waals surface area contributed by atoms with Crippen LogP contribution in [-0.2, 0) is 28.7 Å². The number of carbonyl (C=O) groups excluding carboxylic acids is 5. The Morgan fingerprint density at radius 1 is 0.938 bits per heavy atom. The molecular weight excluding hydrogens is 632 g/mol. The number of nitrogens with one attached hydrogen (secondary N) is 5. The van der Waals surface area contributed by atoms with Crippen molar-refractivity contribution in [1.29, 1.82) is 0 Å². The number of aromatic nitrogens is 2. The van der Waals surface area contributed by atoms with Crippen LogP contribution < -0.4 is 31.3 Å². The highest BCUT2D eigenvalue weighted by Crippen LogP contribution is 2.30. The average Bonchev–Trinajstić information content (AvgIpc) is 3.52. The van der Waals surface area contributed by atoms with E-state index in [-0.39, 0.29) is 73.0 Å². The molecule has 0 spiro atoms. The maximum absolute atomic E-state index is 13.0. The van der Waals surface area contributed by atoms with Gasteiger partial charge in [-0.15, -0.1) is 0 Å². The number of hydrogen-bond donors (Lipinski definition) is 5. The van der Waals surface area contributed by atoms with Crippen LogP contribution in [0.3, 0.4) is 0 Å². The second-order valence-electron chi connectivity index (χ2n) is 11.1. The zero-order valence-corrected chi connectivity index (χ0v) is 27.5. The van der Waals surface area contributed by atoms with Gasteiger partial charge in [0.1, 0.15) is 18.7 Å². The molecule has 2 atom stereocenters. The summed E-state index contributed by atoms with van der Waals surface area (Å²) in [5, 5.41) is 31.5. The van der Waals surface area contributed by atoms with E-state index in [1.807, 2.05) is 13.8 Å². The fourth-order valence-electron chi connectivity index (χ4n) is 4.43. The number of non-ortho nitro benzene ring substituents is 1. The molecule has 264 valence electrons.